The Morgan fingerprint density at radius 2 is 1.59 bits per heavy atom. The summed E-state index contributed by atoms with van der Waals surface area (Å²) in [6.45, 7) is 2.81. The molecule has 27 heavy (non-hydrogen) atoms. The van der Waals surface area contributed by atoms with Crippen molar-refractivity contribution in [3.63, 3.8) is 0 Å². The molecule has 3 rings (SSSR count). The van der Waals surface area contributed by atoms with Crippen LogP contribution in [0.2, 0.25) is 0 Å². The fourth-order valence-electron chi connectivity index (χ4n) is 3.42. The first-order valence-corrected chi connectivity index (χ1v) is 9.23. The lowest BCUT2D eigenvalue weighted by Gasteiger charge is -2.40. The van der Waals surface area contributed by atoms with Gasteiger partial charge < -0.3 is 19.7 Å². The van der Waals surface area contributed by atoms with E-state index in [1.54, 1.807) is 4.90 Å². The molecule has 7 nitrogen and oxygen atoms in total. The first-order valence-electron chi connectivity index (χ1n) is 9.23. The molecule has 0 bridgehead atoms. The molecule has 1 N–H and O–H groups in total. The Morgan fingerprint density at radius 3 is 2.19 bits per heavy atom. The average Bonchev–Trinajstić information content (AvgIpc) is 2.46. The minimum absolute atomic E-state index is 0.0355. The zero-order chi connectivity index (χ0) is 19.6. The number of likely N-dealkylation sites (tertiary alicyclic amines) is 1. The van der Waals surface area contributed by atoms with E-state index in [9.17, 15) is 22.8 Å². The predicted octanol–water partition coefficient (Wildman–Crippen LogP) is 1.21. The predicted molar refractivity (Wildman–Crippen MR) is 86.6 cm³/mol. The van der Waals surface area contributed by atoms with Crippen LogP contribution in [0.4, 0.5) is 13.2 Å². The van der Waals surface area contributed by atoms with Crippen molar-refractivity contribution in [2.45, 2.75) is 63.3 Å². The molecular weight excluding hydrogens is 369 g/mol. The summed E-state index contributed by atoms with van der Waals surface area (Å²) in [4.78, 5) is 25.3. The van der Waals surface area contributed by atoms with E-state index in [-0.39, 0.29) is 56.1 Å². The van der Waals surface area contributed by atoms with Crippen LogP contribution in [0.3, 0.4) is 0 Å². The smallest absolute Gasteiger partial charge is 0.368 e. The number of alkyl halides is 3. The zero-order valence-electron chi connectivity index (χ0n) is 15.2. The number of hydrogen-bond donors (Lipinski definition) is 1. The normalized spacial score (nSPS) is 30.9. The molecule has 3 fully saturated rings. The van der Waals surface area contributed by atoms with Gasteiger partial charge in [0, 0.05) is 25.9 Å². The largest absolute Gasteiger partial charge is 0.522 e. The molecule has 10 heteroatoms. The van der Waals surface area contributed by atoms with E-state index in [1.807, 2.05) is 0 Å². The van der Waals surface area contributed by atoms with Crippen LogP contribution in [0.15, 0.2) is 0 Å². The first kappa shape index (κ1) is 20.3. The van der Waals surface area contributed by atoms with Gasteiger partial charge in [-0.15, -0.1) is 13.2 Å². The summed E-state index contributed by atoms with van der Waals surface area (Å²) < 4.78 is 50.7. The van der Waals surface area contributed by atoms with E-state index in [2.05, 4.69) is 17.0 Å². The molecule has 0 aromatic carbocycles. The van der Waals surface area contributed by atoms with Gasteiger partial charge in [-0.3, -0.25) is 14.3 Å². The lowest BCUT2D eigenvalue weighted by atomic mass is 9.84. The Hall–Kier alpha value is -1.39. The van der Waals surface area contributed by atoms with Gasteiger partial charge in [-0.25, -0.2) is 0 Å². The van der Waals surface area contributed by atoms with Crippen molar-refractivity contribution < 1.29 is 37.0 Å². The number of nitrogens with one attached hydrogen (secondary N) is 1. The molecule has 0 radical (unpaired) electrons. The highest BCUT2D eigenvalue weighted by Gasteiger charge is 2.41. The molecule has 2 saturated carbocycles. The fraction of sp³-hybridized carbons (Fsp3) is 0.882. The van der Waals surface area contributed by atoms with Gasteiger partial charge in [-0.2, -0.15) is 0 Å². The van der Waals surface area contributed by atoms with Gasteiger partial charge in [0.15, 0.2) is 0 Å². The molecule has 1 heterocycles. The maximum absolute atomic E-state index is 12.0. The standard InChI is InChI=1S/C17H25F3N2O5/c1-10-2-12(3-10)25-8-15(23)21-11-6-22(7-11)16(24)9-26-13-4-14(5-13)27-17(18,19)20/h10-14H,2-9H2,1H3,(H,21,23). The highest BCUT2D eigenvalue weighted by molar-refractivity contribution is 5.80. The molecule has 0 spiro atoms. The fourth-order valence-corrected chi connectivity index (χ4v) is 3.42. The SMILES string of the molecule is CC1CC(OCC(=O)NC2CN(C(=O)COC3CC(OC(F)(F)F)C3)C2)C1. The van der Waals surface area contributed by atoms with Crippen molar-refractivity contribution in [1.82, 2.24) is 10.2 Å². The van der Waals surface area contributed by atoms with Crippen LogP contribution in [0.5, 0.6) is 0 Å². The monoisotopic (exact) mass is 394 g/mol. The maximum Gasteiger partial charge on any atom is 0.522 e. The molecule has 0 aromatic rings. The Morgan fingerprint density at radius 1 is 1.00 bits per heavy atom. The number of hydrogen-bond acceptors (Lipinski definition) is 5. The van der Waals surface area contributed by atoms with Crippen molar-refractivity contribution in [2.75, 3.05) is 26.3 Å². The van der Waals surface area contributed by atoms with Gasteiger partial charge in [-0.05, 0) is 18.8 Å². The third kappa shape index (κ3) is 6.05. The quantitative estimate of drug-likeness (QED) is 0.670. The van der Waals surface area contributed by atoms with Crippen LogP contribution in [0, 0.1) is 5.92 Å². The lowest BCUT2D eigenvalue weighted by molar-refractivity contribution is -0.357. The second-order valence-electron chi connectivity index (χ2n) is 7.66. The first-order chi connectivity index (χ1) is 12.7. The van der Waals surface area contributed by atoms with Crippen molar-refractivity contribution in [3.8, 4) is 0 Å². The van der Waals surface area contributed by atoms with E-state index in [1.165, 1.54) is 0 Å². The number of carbonyl (C=O) groups is 2. The summed E-state index contributed by atoms with van der Waals surface area (Å²) in [5, 5.41) is 2.81. The number of rotatable bonds is 8. The topological polar surface area (TPSA) is 77.1 Å². The molecule has 2 aliphatic carbocycles. The minimum Gasteiger partial charge on any atom is -0.368 e. The lowest BCUT2D eigenvalue weighted by Crippen LogP contribution is -2.62. The Kier molecular flexibility index (Phi) is 6.27. The second kappa shape index (κ2) is 8.32. The van der Waals surface area contributed by atoms with Crippen molar-refractivity contribution >= 4 is 11.8 Å². The summed E-state index contributed by atoms with van der Waals surface area (Å²) in [6, 6.07) is -0.0985. The Labute approximate surface area is 155 Å². The number of carbonyl (C=O) groups excluding carboxylic acids is 2. The van der Waals surface area contributed by atoms with Gasteiger partial charge >= 0.3 is 6.36 Å². The third-order valence-corrected chi connectivity index (χ3v) is 5.17. The number of nitrogens with zero attached hydrogens (tertiary/aromatic N) is 1. The zero-order valence-corrected chi connectivity index (χ0v) is 15.2. The van der Waals surface area contributed by atoms with E-state index in [0.29, 0.717) is 19.0 Å². The maximum atomic E-state index is 12.0. The van der Waals surface area contributed by atoms with Crippen LogP contribution in [-0.4, -0.2) is 73.7 Å². The highest BCUT2D eigenvalue weighted by Crippen LogP contribution is 2.32. The van der Waals surface area contributed by atoms with Gasteiger partial charge in [0.05, 0.1) is 24.4 Å². The van der Waals surface area contributed by atoms with Crippen LogP contribution in [-0.2, 0) is 23.8 Å². The summed E-state index contributed by atoms with van der Waals surface area (Å²) in [5.41, 5.74) is 0. The van der Waals surface area contributed by atoms with Gasteiger partial charge in [0.2, 0.25) is 11.8 Å². The molecule has 0 atom stereocenters. The third-order valence-electron chi connectivity index (χ3n) is 5.17. The van der Waals surface area contributed by atoms with E-state index >= 15 is 0 Å². The van der Waals surface area contributed by atoms with Crippen molar-refractivity contribution in [2.24, 2.45) is 5.92 Å². The van der Waals surface area contributed by atoms with Gasteiger partial charge in [0.25, 0.3) is 0 Å². The van der Waals surface area contributed by atoms with Crippen molar-refractivity contribution in [1.29, 1.82) is 0 Å². The van der Waals surface area contributed by atoms with E-state index in [4.69, 9.17) is 9.47 Å². The minimum atomic E-state index is -4.64. The Balaban J connectivity index is 1.20. The molecule has 1 aliphatic heterocycles. The van der Waals surface area contributed by atoms with Crippen LogP contribution >= 0.6 is 0 Å². The number of halogens is 3. The average molecular weight is 394 g/mol. The molecule has 1 saturated heterocycles. The molecule has 2 amide bonds. The molecule has 0 unspecified atom stereocenters. The molecule has 3 aliphatic rings. The summed E-state index contributed by atoms with van der Waals surface area (Å²) >= 11 is 0. The van der Waals surface area contributed by atoms with Crippen molar-refractivity contribution in [3.05, 3.63) is 0 Å². The molecule has 0 aromatic heterocycles. The van der Waals surface area contributed by atoms with E-state index in [0.717, 1.165) is 12.8 Å². The summed E-state index contributed by atoms with van der Waals surface area (Å²) in [7, 11) is 0. The van der Waals surface area contributed by atoms with Gasteiger partial charge in [-0.1, -0.05) is 6.92 Å². The Bertz CT molecular complexity index is 541. The number of ether oxygens (including phenoxy) is 3. The second-order valence-corrected chi connectivity index (χ2v) is 7.66. The van der Waals surface area contributed by atoms with E-state index < -0.39 is 12.5 Å². The van der Waals surface area contributed by atoms with Crippen LogP contribution < -0.4 is 5.32 Å². The molecular formula is C17H25F3N2O5. The summed E-state index contributed by atoms with van der Waals surface area (Å²) in [5.74, 6) is 0.239. The highest BCUT2D eigenvalue weighted by atomic mass is 19.4. The number of amides is 2. The van der Waals surface area contributed by atoms with Crippen LogP contribution in [0.1, 0.15) is 32.6 Å². The van der Waals surface area contributed by atoms with Crippen LogP contribution in [0.25, 0.3) is 0 Å². The summed E-state index contributed by atoms with van der Waals surface area (Å²) in [6.07, 6.45) is -3.49. The molecule has 154 valence electrons. The van der Waals surface area contributed by atoms with Gasteiger partial charge in [0.1, 0.15) is 13.2 Å².